The third-order valence-electron chi connectivity index (χ3n) is 3.43. The van der Waals surface area contributed by atoms with Gasteiger partial charge in [0.05, 0.1) is 5.69 Å². The summed E-state index contributed by atoms with van der Waals surface area (Å²) < 4.78 is 2.05. The molecule has 4 heteroatoms. The van der Waals surface area contributed by atoms with Gasteiger partial charge in [0.25, 0.3) is 0 Å². The fourth-order valence-corrected chi connectivity index (χ4v) is 2.50. The summed E-state index contributed by atoms with van der Waals surface area (Å²) in [6, 6.07) is 6.03. The fraction of sp³-hybridized carbons (Fsp3) is 0.462. The molecule has 0 aliphatic carbocycles. The van der Waals surface area contributed by atoms with Crippen LogP contribution in [-0.2, 0) is 6.54 Å². The Hall–Kier alpha value is -1.39. The second-order valence-electron chi connectivity index (χ2n) is 4.77. The Bertz CT molecular complexity index is 475. The lowest BCUT2D eigenvalue weighted by Gasteiger charge is -2.13. The van der Waals surface area contributed by atoms with E-state index >= 15 is 0 Å². The second kappa shape index (κ2) is 4.47. The van der Waals surface area contributed by atoms with E-state index in [0.29, 0.717) is 12.5 Å². The molecule has 0 bridgehead atoms. The van der Waals surface area contributed by atoms with Crippen molar-refractivity contribution in [2.45, 2.75) is 13.0 Å². The van der Waals surface area contributed by atoms with E-state index in [4.69, 9.17) is 5.11 Å². The molecule has 0 amide bonds. The zero-order valence-electron chi connectivity index (χ0n) is 9.79. The highest BCUT2D eigenvalue weighted by molar-refractivity contribution is 5.39. The van der Waals surface area contributed by atoms with Crippen LogP contribution in [0.15, 0.2) is 30.6 Å². The quantitative estimate of drug-likeness (QED) is 0.861. The average Bonchev–Trinajstić information content (AvgIpc) is 2.94. The van der Waals surface area contributed by atoms with E-state index in [1.54, 1.807) is 0 Å². The van der Waals surface area contributed by atoms with Crippen molar-refractivity contribution < 1.29 is 5.11 Å². The summed E-state index contributed by atoms with van der Waals surface area (Å²) in [5, 5.41) is 9.12. The molecule has 1 saturated heterocycles. The number of hydrogen-bond acceptors (Lipinski definition) is 3. The zero-order chi connectivity index (χ0) is 11.7. The van der Waals surface area contributed by atoms with Crippen LogP contribution in [0, 0.1) is 5.92 Å². The van der Waals surface area contributed by atoms with Gasteiger partial charge in [0, 0.05) is 32.1 Å². The van der Waals surface area contributed by atoms with E-state index in [2.05, 4.69) is 20.5 Å². The Kier molecular flexibility index (Phi) is 2.82. The van der Waals surface area contributed by atoms with Gasteiger partial charge in [-0.15, -0.1) is 0 Å². The van der Waals surface area contributed by atoms with Crippen molar-refractivity contribution in [1.82, 2.24) is 14.3 Å². The lowest BCUT2D eigenvalue weighted by atomic mass is 10.1. The molecule has 1 aliphatic rings. The molecule has 2 aromatic heterocycles. The van der Waals surface area contributed by atoms with Gasteiger partial charge in [-0.05, 0) is 31.0 Å². The molecule has 3 rings (SSSR count). The number of rotatable bonds is 3. The van der Waals surface area contributed by atoms with Crippen LogP contribution >= 0.6 is 0 Å². The maximum absolute atomic E-state index is 9.12. The first kappa shape index (κ1) is 10.7. The van der Waals surface area contributed by atoms with Crippen LogP contribution in [0.5, 0.6) is 0 Å². The number of imidazole rings is 1. The topological polar surface area (TPSA) is 40.8 Å². The molecule has 1 fully saturated rings. The van der Waals surface area contributed by atoms with E-state index < -0.39 is 0 Å². The Morgan fingerprint density at radius 3 is 3.12 bits per heavy atom. The first-order chi connectivity index (χ1) is 8.35. The highest BCUT2D eigenvalue weighted by atomic mass is 16.3. The van der Waals surface area contributed by atoms with Crippen molar-refractivity contribution in [2.24, 2.45) is 5.92 Å². The van der Waals surface area contributed by atoms with Crippen molar-refractivity contribution in [3.05, 3.63) is 36.3 Å². The van der Waals surface area contributed by atoms with Crippen LogP contribution in [0.1, 0.15) is 12.1 Å². The molecule has 17 heavy (non-hydrogen) atoms. The number of likely N-dealkylation sites (tertiary alicyclic amines) is 1. The van der Waals surface area contributed by atoms with Gasteiger partial charge in [0.15, 0.2) is 0 Å². The smallest absolute Gasteiger partial charge is 0.137 e. The second-order valence-corrected chi connectivity index (χ2v) is 4.77. The Labute approximate surface area is 101 Å². The Balaban J connectivity index is 1.73. The summed E-state index contributed by atoms with van der Waals surface area (Å²) in [6.45, 7) is 3.25. The number of aliphatic hydroxyl groups is 1. The molecule has 1 atom stereocenters. The number of pyridine rings is 1. The number of aromatic nitrogens is 2. The molecule has 0 saturated carbocycles. The number of fused-ring (bicyclic) bond motifs is 1. The third kappa shape index (κ3) is 2.18. The van der Waals surface area contributed by atoms with Crippen molar-refractivity contribution in [1.29, 1.82) is 0 Å². The monoisotopic (exact) mass is 231 g/mol. The van der Waals surface area contributed by atoms with Crippen molar-refractivity contribution in [3.63, 3.8) is 0 Å². The fourth-order valence-electron chi connectivity index (χ4n) is 2.50. The number of nitrogens with zero attached hydrogens (tertiary/aromatic N) is 3. The molecule has 4 nitrogen and oxygen atoms in total. The predicted molar refractivity (Wildman–Crippen MR) is 65.7 cm³/mol. The van der Waals surface area contributed by atoms with Crippen LogP contribution in [0.3, 0.4) is 0 Å². The lowest BCUT2D eigenvalue weighted by molar-refractivity contribution is 0.219. The molecule has 0 unspecified atom stereocenters. The number of hydrogen-bond donors (Lipinski definition) is 1. The highest BCUT2D eigenvalue weighted by Gasteiger charge is 2.22. The first-order valence-corrected chi connectivity index (χ1v) is 6.11. The summed E-state index contributed by atoms with van der Waals surface area (Å²) in [4.78, 5) is 6.95. The Morgan fingerprint density at radius 2 is 2.35 bits per heavy atom. The van der Waals surface area contributed by atoms with Gasteiger partial charge in [-0.2, -0.15) is 0 Å². The zero-order valence-corrected chi connectivity index (χ0v) is 9.79. The van der Waals surface area contributed by atoms with Crippen molar-refractivity contribution in [3.8, 4) is 0 Å². The molecule has 0 aromatic carbocycles. The Morgan fingerprint density at radius 1 is 1.41 bits per heavy atom. The van der Waals surface area contributed by atoms with Crippen LogP contribution in [0.25, 0.3) is 5.65 Å². The van der Waals surface area contributed by atoms with E-state index in [1.165, 1.54) is 0 Å². The average molecular weight is 231 g/mol. The van der Waals surface area contributed by atoms with Crippen molar-refractivity contribution >= 4 is 5.65 Å². The molecule has 1 N–H and O–H groups in total. The van der Waals surface area contributed by atoms with Gasteiger partial charge in [-0.1, -0.05) is 6.07 Å². The lowest BCUT2D eigenvalue weighted by Crippen LogP contribution is -2.21. The molecule has 0 radical (unpaired) electrons. The maximum atomic E-state index is 9.12. The van der Waals surface area contributed by atoms with E-state index in [0.717, 1.165) is 37.4 Å². The summed E-state index contributed by atoms with van der Waals surface area (Å²) in [7, 11) is 0. The standard InChI is InChI=1S/C13H17N3O/c17-10-11-4-6-15(7-11)8-12-9-16-5-2-1-3-13(16)14-12/h1-3,5,9,11,17H,4,6-8,10H2/t11-/m0/s1. The number of aliphatic hydroxyl groups excluding tert-OH is 1. The minimum Gasteiger partial charge on any atom is -0.396 e. The molecule has 1 aliphatic heterocycles. The predicted octanol–water partition coefficient (Wildman–Crippen LogP) is 1.15. The molecular weight excluding hydrogens is 214 g/mol. The molecule has 2 aromatic rings. The van der Waals surface area contributed by atoms with Gasteiger partial charge >= 0.3 is 0 Å². The molecule has 3 heterocycles. The molecular formula is C13H17N3O. The van der Waals surface area contributed by atoms with E-state index in [9.17, 15) is 0 Å². The molecule has 0 spiro atoms. The van der Waals surface area contributed by atoms with Crippen LogP contribution in [0.2, 0.25) is 0 Å². The summed E-state index contributed by atoms with van der Waals surface area (Å²) in [6.07, 6.45) is 5.21. The first-order valence-electron chi connectivity index (χ1n) is 6.11. The minimum atomic E-state index is 0.307. The largest absolute Gasteiger partial charge is 0.396 e. The summed E-state index contributed by atoms with van der Waals surface area (Å²) in [5.41, 5.74) is 2.11. The van der Waals surface area contributed by atoms with Crippen molar-refractivity contribution in [2.75, 3.05) is 19.7 Å². The van der Waals surface area contributed by atoms with Crippen LogP contribution in [0.4, 0.5) is 0 Å². The van der Waals surface area contributed by atoms with Gasteiger partial charge in [0.2, 0.25) is 0 Å². The molecule has 90 valence electrons. The normalized spacial score (nSPS) is 21.4. The minimum absolute atomic E-state index is 0.307. The van der Waals surface area contributed by atoms with Gasteiger partial charge in [-0.25, -0.2) is 4.98 Å². The highest BCUT2D eigenvalue weighted by Crippen LogP contribution is 2.17. The van der Waals surface area contributed by atoms with Crippen LogP contribution < -0.4 is 0 Å². The van der Waals surface area contributed by atoms with Gasteiger partial charge in [-0.3, -0.25) is 4.90 Å². The van der Waals surface area contributed by atoms with Crippen LogP contribution in [-0.4, -0.2) is 39.1 Å². The summed E-state index contributed by atoms with van der Waals surface area (Å²) in [5.74, 6) is 0.451. The SMILES string of the molecule is OC[C@H]1CCN(Cc2cn3ccccc3n2)C1. The van der Waals surface area contributed by atoms with Gasteiger partial charge in [0.1, 0.15) is 5.65 Å². The van der Waals surface area contributed by atoms with E-state index in [1.807, 2.05) is 24.4 Å². The van der Waals surface area contributed by atoms with E-state index in [-0.39, 0.29) is 0 Å². The third-order valence-corrected chi connectivity index (χ3v) is 3.43. The summed E-state index contributed by atoms with van der Waals surface area (Å²) >= 11 is 0. The maximum Gasteiger partial charge on any atom is 0.137 e. The van der Waals surface area contributed by atoms with Gasteiger partial charge < -0.3 is 9.51 Å².